The van der Waals surface area contributed by atoms with Crippen molar-refractivity contribution in [3.63, 3.8) is 0 Å². The fourth-order valence-electron chi connectivity index (χ4n) is 2.94. The number of hydrogen-bond donors (Lipinski definition) is 2. The van der Waals surface area contributed by atoms with E-state index in [-0.39, 0.29) is 13.2 Å². The quantitative estimate of drug-likeness (QED) is 0.178. The molecule has 0 unspecified atom stereocenters. The second-order valence-electron chi connectivity index (χ2n) is 7.14. The molecule has 27 heavy (non-hydrogen) atoms. The summed E-state index contributed by atoms with van der Waals surface area (Å²) < 4.78 is 25.3. The average molecular weight is 411 g/mol. The van der Waals surface area contributed by atoms with Crippen molar-refractivity contribution < 1.29 is 28.3 Å². The van der Waals surface area contributed by atoms with Crippen LogP contribution in [0, 0.1) is 0 Å². The zero-order valence-electron chi connectivity index (χ0n) is 17.4. The SMILES string of the molecule is CCCCCCCCCCCCCCCCOCCOCCOP(=O)(O)O. The monoisotopic (exact) mass is 410 g/mol. The summed E-state index contributed by atoms with van der Waals surface area (Å²) in [5.74, 6) is 0. The van der Waals surface area contributed by atoms with Crippen molar-refractivity contribution in [2.75, 3.05) is 33.0 Å². The van der Waals surface area contributed by atoms with Gasteiger partial charge < -0.3 is 19.3 Å². The van der Waals surface area contributed by atoms with Gasteiger partial charge in [-0.25, -0.2) is 4.57 Å². The third kappa shape index (κ3) is 26.0. The number of rotatable bonds is 22. The molecule has 0 spiro atoms. The predicted octanol–water partition coefficient (Wildman–Crippen LogP) is 5.61. The number of hydrogen-bond acceptors (Lipinski definition) is 4. The van der Waals surface area contributed by atoms with Crippen LogP contribution in [0.25, 0.3) is 0 Å². The van der Waals surface area contributed by atoms with Crippen LogP contribution in [-0.2, 0) is 18.6 Å². The summed E-state index contributed by atoms with van der Waals surface area (Å²) in [6, 6.07) is 0. The van der Waals surface area contributed by atoms with Crippen LogP contribution < -0.4 is 0 Å². The van der Waals surface area contributed by atoms with Crippen LogP contribution in [0.5, 0.6) is 0 Å². The van der Waals surface area contributed by atoms with Crippen LogP contribution in [0.1, 0.15) is 96.8 Å². The second kappa shape index (κ2) is 20.8. The fourth-order valence-corrected chi connectivity index (χ4v) is 3.25. The Morgan fingerprint density at radius 1 is 0.556 bits per heavy atom. The molecule has 164 valence electrons. The van der Waals surface area contributed by atoms with Crippen LogP contribution in [0.4, 0.5) is 0 Å². The van der Waals surface area contributed by atoms with Crippen LogP contribution >= 0.6 is 7.82 Å². The molecule has 7 heteroatoms. The number of phosphoric ester groups is 1. The Hall–Kier alpha value is 0.0300. The number of ether oxygens (including phenoxy) is 2. The summed E-state index contributed by atoms with van der Waals surface area (Å²) in [5, 5.41) is 0. The minimum absolute atomic E-state index is 0.108. The van der Waals surface area contributed by atoms with Crippen LogP contribution in [0.15, 0.2) is 0 Å². The second-order valence-corrected chi connectivity index (χ2v) is 8.38. The highest BCUT2D eigenvalue weighted by Crippen LogP contribution is 2.35. The van der Waals surface area contributed by atoms with Crippen molar-refractivity contribution in [1.29, 1.82) is 0 Å². The first kappa shape index (κ1) is 27.0. The Labute approximate surface area is 166 Å². The zero-order valence-corrected chi connectivity index (χ0v) is 18.3. The average Bonchev–Trinajstić information content (AvgIpc) is 2.62. The van der Waals surface area contributed by atoms with E-state index in [1.54, 1.807) is 0 Å². The maximum Gasteiger partial charge on any atom is 0.469 e. The maximum atomic E-state index is 10.4. The van der Waals surface area contributed by atoms with Gasteiger partial charge >= 0.3 is 7.82 Å². The molecule has 0 atom stereocenters. The van der Waals surface area contributed by atoms with Crippen LogP contribution in [0.3, 0.4) is 0 Å². The smallest absolute Gasteiger partial charge is 0.379 e. The van der Waals surface area contributed by atoms with Gasteiger partial charge in [0.25, 0.3) is 0 Å². The van der Waals surface area contributed by atoms with Gasteiger partial charge in [-0.15, -0.1) is 0 Å². The van der Waals surface area contributed by atoms with E-state index in [1.165, 1.54) is 83.5 Å². The lowest BCUT2D eigenvalue weighted by Gasteiger charge is -2.07. The largest absolute Gasteiger partial charge is 0.469 e. The van der Waals surface area contributed by atoms with Gasteiger partial charge in [0.2, 0.25) is 0 Å². The molecular formula is C20H43O6P. The number of phosphoric acid groups is 1. The summed E-state index contributed by atoms with van der Waals surface area (Å²) in [4.78, 5) is 17.0. The van der Waals surface area contributed by atoms with Crippen molar-refractivity contribution in [1.82, 2.24) is 0 Å². The molecule has 0 radical (unpaired) electrons. The molecule has 0 fully saturated rings. The Balaban J connectivity index is 3.02. The molecule has 0 aromatic rings. The normalized spacial score (nSPS) is 12.0. The molecule has 0 rings (SSSR count). The standard InChI is InChI=1S/C20H43O6P/c1-2-3-4-5-6-7-8-9-10-11-12-13-14-15-16-24-17-18-25-19-20-26-27(21,22)23/h2-20H2,1H3,(H2,21,22,23). The molecule has 0 heterocycles. The first-order chi connectivity index (χ1) is 13.1. The first-order valence-electron chi connectivity index (χ1n) is 10.9. The molecule has 0 aromatic heterocycles. The van der Waals surface area contributed by atoms with Crippen molar-refractivity contribution >= 4 is 7.82 Å². The van der Waals surface area contributed by atoms with E-state index < -0.39 is 7.82 Å². The molecule has 0 aliphatic rings. The van der Waals surface area contributed by atoms with Crippen molar-refractivity contribution in [3.8, 4) is 0 Å². The fraction of sp³-hybridized carbons (Fsp3) is 1.00. The van der Waals surface area contributed by atoms with E-state index in [4.69, 9.17) is 19.3 Å². The molecule has 0 saturated carbocycles. The van der Waals surface area contributed by atoms with Gasteiger partial charge in [-0.2, -0.15) is 0 Å². The molecule has 0 saturated heterocycles. The van der Waals surface area contributed by atoms with Gasteiger partial charge in [0.1, 0.15) is 0 Å². The Morgan fingerprint density at radius 2 is 0.926 bits per heavy atom. The summed E-state index contributed by atoms with van der Waals surface area (Å²) in [7, 11) is -4.37. The summed E-state index contributed by atoms with van der Waals surface area (Å²) in [5.41, 5.74) is 0. The molecule has 6 nitrogen and oxygen atoms in total. The Bertz CT molecular complexity index is 334. The molecule has 2 N–H and O–H groups in total. The van der Waals surface area contributed by atoms with E-state index in [2.05, 4.69) is 11.4 Å². The molecular weight excluding hydrogens is 367 g/mol. The van der Waals surface area contributed by atoms with Gasteiger partial charge in [-0.05, 0) is 6.42 Å². The van der Waals surface area contributed by atoms with E-state index in [1.807, 2.05) is 0 Å². The third-order valence-corrected chi connectivity index (χ3v) is 5.02. The highest BCUT2D eigenvalue weighted by Gasteiger charge is 2.12. The van der Waals surface area contributed by atoms with Crippen molar-refractivity contribution in [2.24, 2.45) is 0 Å². The summed E-state index contributed by atoms with van der Waals surface area (Å²) >= 11 is 0. The summed E-state index contributed by atoms with van der Waals surface area (Å²) in [6.07, 6.45) is 18.9. The Morgan fingerprint density at radius 3 is 1.37 bits per heavy atom. The molecule has 0 amide bonds. The van der Waals surface area contributed by atoms with Gasteiger partial charge in [0, 0.05) is 6.61 Å². The van der Waals surface area contributed by atoms with Gasteiger partial charge in [0.05, 0.1) is 26.4 Å². The summed E-state index contributed by atoms with van der Waals surface area (Å²) in [6.45, 7) is 4.00. The molecule has 0 aliphatic carbocycles. The molecule has 0 aliphatic heterocycles. The molecule has 0 bridgehead atoms. The third-order valence-electron chi connectivity index (χ3n) is 4.50. The van der Waals surface area contributed by atoms with Gasteiger partial charge in [-0.1, -0.05) is 90.4 Å². The molecule has 0 aromatic carbocycles. The van der Waals surface area contributed by atoms with Crippen molar-refractivity contribution in [3.05, 3.63) is 0 Å². The minimum Gasteiger partial charge on any atom is -0.379 e. The van der Waals surface area contributed by atoms with E-state index in [0.29, 0.717) is 13.2 Å². The maximum absolute atomic E-state index is 10.4. The van der Waals surface area contributed by atoms with E-state index >= 15 is 0 Å². The highest BCUT2D eigenvalue weighted by atomic mass is 31.2. The van der Waals surface area contributed by atoms with Crippen molar-refractivity contribution in [2.45, 2.75) is 96.8 Å². The highest BCUT2D eigenvalue weighted by molar-refractivity contribution is 7.46. The minimum atomic E-state index is -4.37. The Kier molecular flexibility index (Phi) is 20.8. The van der Waals surface area contributed by atoms with Gasteiger partial charge in [0.15, 0.2) is 0 Å². The van der Waals surface area contributed by atoms with E-state index in [9.17, 15) is 4.57 Å². The lowest BCUT2D eigenvalue weighted by molar-refractivity contribution is 0.0312. The van der Waals surface area contributed by atoms with Gasteiger partial charge in [-0.3, -0.25) is 4.52 Å². The lowest BCUT2D eigenvalue weighted by Crippen LogP contribution is -2.09. The van der Waals surface area contributed by atoms with E-state index in [0.717, 1.165) is 13.0 Å². The predicted molar refractivity (Wildman–Crippen MR) is 110 cm³/mol. The zero-order chi connectivity index (χ0) is 20.1. The number of unbranched alkanes of at least 4 members (excludes halogenated alkanes) is 13. The van der Waals surface area contributed by atoms with Crippen LogP contribution in [-0.4, -0.2) is 42.8 Å². The van der Waals surface area contributed by atoms with Crippen LogP contribution in [0.2, 0.25) is 0 Å². The topological polar surface area (TPSA) is 85.2 Å². The lowest BCUT2D eigenvalue weighted by atomic mass is 10.0. The first-order valence-corrected chi connectivity index (χ1v) is 12.4.